The zero-order chi connectivity index (χ0) is 62.8. The number of rotatable bonds is 15. The molecule has 86 heavy (non-hydrogen) atoms. The topological polar surface area (TPSA) is 408 Å². The van der Waals surface area contributed by atoms with Crippen LogP contribution in [-0.2, 0) is 70.7 Å². The van der Waals surface area contributed by atoms with E-state index in [0.717, 1.165) is 30.2 Å². The molecule has 2 heterocycles. The normalized spacial score (nSPS) is 24.8. The lowest BCUT2D eigenvalue weighted by molar-refractivity contribution is -0.136. The zero-order valence-corrected chi connectivity index (χ0v) is 51.6. The first-order chi connectivity index (χ1) is 41.3. The fourth-order valence-corrected chi connectivity index (χ4v) is 11.3. The molecule has 0 aliphatic carbocycles. The Hall–Kier alpha value is -6.66. The second-order valence-electron chi connectivity index (χ2n) is 20.9. The van der Waals surface area contributed by atoms with Gasteiger partial charge in [-0.25, -0.2) is 0 Å². The Morgan fingerprint density at radius 3 is 1.86 bits per heavy atom. The predicted molar refractivity (Wildman–Crippen MR) is 331 cm³/mol. The van der Waals surface area contributed by atoms with Gasteiger partial charge in [0.1, 0.15) is 66.9 Å². The van der Waals surface area contributed by atoms with E-state index in [1.165, 1.54) is 49.1 Å². The number of primary amides is 1. The van der Waals surface area contributed by atoms with E-state index in [1.807, 2.05) is 18.2 Å². The summed E-state index contributed by atoms with van der Waals surface area (Å²) in [5, 5.41) is 38.2. The van der Waals surface area contributed by atoms with Crippen molar-refractivity contribution in [2.45, 2.75) is 157 Å². The van der Waals surface area contributed by atoms with Gasteiger partial charge in [-0.3, -0.25) is 47.9 Å². The number of hydrogen-bond donors (Lipinski definition) is 13. The average Bonchev–Trinajstić information content (AvgIpc) is 3.68. The Kier molecular flexibility index (Phi) is 33.3. The molecule has 29 heteroatoms. The van der Waals surface area contributed by atoms with Crippen LogP contribution in [0.1, 0.15) is 101 Å². The lowest BCUT2D eigenvalue weighted by Crippen LogP contribution is -2.61. The highest BCUT2D eigenvalue weighted by Gasteiger charge is 2.35. The Bertz CT molecular complexity index is 2570. The van der Waals surface area contributed by atoms with Crippen LogP contribution >= 0.6 is 35.3 Å². The monoisotopic (exact) mass is 1260 g/mol. The number of benzene rings is 2. The minimum Gasteiger partial charge on any atom is -0.494 e. The molecule has 476 valence electrons. The van der Waals surface area contributed by atoms with Crippen LogP contribution in [0.4, 0.5) is 0 Å². The van der Waals surface area contributed by atoms with Gasteiger partial charge in [-0.1, -0.05) is 41.6 Å². The van der Waals surface area contributed by atoms with E-state index in [9.17, 15) is 53.1 Å². The summed E-state index contributed by atoms with van der Waals surface area (Å²) in [6.07, 6.45) is 6.15. The van der Waals surface area contributed by atoms with Crippen LogP contribution in [-0.4, -0.2) is 181 Å². The number of ether oxygens (including phenoxy) is 1. The van der Waals surface area contributed by atoms with Crippen molar-refractivity contribution in [2.24, 2.45) is 22.4 Å². The zero-order valence-electron chi connectivity index (χ0n) is 49.2. The largest absolute Gasteiger partial charge is 0.494 e. The van der Waals surface area contributed by atoms with Gasteiger partial charge in [0.2, 0.25) is 53.2 Å². The molecule has 2 aromatic rings. The van der Waals surface area contributed by atoms with Crippen molar-refractivity contribution in [3.8, 4) is 5.75 Å². The molecular weight excluding hydrogens is 1170 g/mol. The maximum Gasteiger partial charge on any atom is 0.266 e. The summed E-state index contributed by atoms with van der Waals surface area (Å²) >= 11 is 3.93. The van der Waals surface area contributed by atoms with Gasteiger partial charge in [0.05, 0.1) is 19.3 Å². The number of aliphatic hydroxyl groups excluding tert-OH is 1. The van der Waals surface area contributed by atoms with Crippen molar-refractivity contribution in [1.82, 2.24) is 47.9 Å². The molecule has 4 bridgehead atoms. The van der Waals surface area contributed by atoms with Crippen LogP contribution in [0.15, 0.2) is 53.7 Å². The van der Waals surface area contributed by atoms with Gasteiger partial charge >= 0.3 is 0 Å². The van der Waals surface area contributed by atoms with Crippen LogP contribution < -0.4 is 69.8 Å². The van der Waals surface area contributed by atoms with E-state index < -0.39 is 120 Å². The Balaban J connectivity index is 1.76. The molecule has 0 aromatic heterocycles. The van der Waals surface area contributed by atoms with Crippen molar-refractivity contribution in [1.29, 1.82) is 0 Å². The van der Waals surface area contributed by atoms with E-state index in [4.69, 9.17) is 26.8 Å². The first-order valence-corrected chi connectivity index (χ1v) is 32.7. The van der Waals surface area contributed by atoms with Gasteiger partial charge in [0, 0.05) is 29.4 Å². The minimum absolute atomic E-state index is 0.0208. The molecule has 2 aromatic carbocycles. The number of unbranched alkanes of at least 4 members (excludes halogenated alkanes) is 2. The number of oxime groups is 1. The summed E-state index contributed by atoms with van der Waals surface area (Å²) in [4.78, 5) is 144. The molecule has 0 unspecified atom stereocenters. The van der Waals surface area contributed by atoms with Crippen LogP contribution in [0.5, 0.6) is 5.75 Å². The standard InChI is InChI=1S/C57H87N13O13S3/c1-35-51(75)70-49(36(2)71)57(81)67-43(19-24-84-3)55(79)66-41(17-9-11-20-58)53(77)65-42(18-10-12-21-59)54(78)68-45(50(60)74)33-85-31-38-25-39-27-40(26-38)82-22-13-4-5-14-23-83-62-30-48(73)64-44(28-37-15-7-6-8-16-37)56(80)69-46(34-86-32-39)52(76)61-29-47(72)63-35/h6-8,15-16,25-27,30,35-36,41-46,49,71H,4-5,9-14,17-24,28-29,31-34,58-59H2,1-3H3,(H2,60,74)(H,61,76)(H,63,72)(H,64,73)(H,65,77)(H,66,79)(H,67,81)(H,68,78)(H,69,80)(H,70,75)/b62-30+/t35-,36+,41-,42-,43-,44-,45-,46-,49-/m0/s1. The third-order valence-electron chi connectivity index (χ3n) is 13.6. The number of nitrogens with two attached hydrogens (primary N) is 3. The van der Waals surface area contributed by atoms with Crippen molar-refractivity contribution < 1.29 is 62.6 Å². The molecule has 2 aliphatic heterocycles. The molecule has 0 spiro atoms. The Labute approximate surface area is 515 Å². The third kappa shape index (κ3) is 26.9. The maximum atomic E-state index is 14.3. The van der Waals surface area contributed by atoms with Crippen molar-refractivity contribution in [3.63, 3.8) is 0 Å². The van der Waals surface area contributed by atoms with Gasteiger partial charge in [0.15, 0.2) is 0 Å². The summed E-state index contributed by atoms with van der Waals surface area (Å²) in [5.41, 5.74) is 19.7. The van der Waals surface area contributed by atoms with Gasteiger partial charge < -0.3 is 79.7 Å². The highest BCUT2D eigenvalue weighted by molar-refractivity contribution is 7.99. The molecule has 0 fully saturated rings. The molecule has 16 N–H and O–H groups in total. The molecule has 4 rings (SSSR count). The maximum absolute atomic E-state index is 14.3. The summed E-state index contributed by atoms with van der Waals surface area (Å²) in [7, 11) is 0. The van der Waals surface area contributed by atoms with Crippen LogP contribution in [0.2, 0.25) is 0 Å². The van der Waals surface area contributed by atoms with Crippen molar-refractivity contribution in [2.75, 3.05) is 56.4 Å². The Morgan fingerprint density at radius 2 is 1.26 bits per heavy atom. The first-order valence-electron chi connectivity index (χ1n) is 29.0. The number of amides is 10. The van der Waals surface area contributed by atoms with Gasteiger partial charge in [0.25, 0.3) is 5.91 Å². The molecule has 0 saturated heterocycles. The summed E-state index contributed by atoms with van der Waals surface area (Å²) in [6, 6.07) is 4.03. The van der Waals surface area contributed by atoms with Crippen molar-refractivity contribution >= 4 is 101 Å². The number of carbonyl (C=O) groups is 10. The van der Waals surface area contributed by atoms with Crippen molar-refractivity contribution in [3.05, 3.63) is 65.2 Å². The number of fused-ring (bicyclic) bond motifs is 5. The third-order valence-corrected chi connectivity index (χ3v) is 16.5. The van der Waals surface area contributed by atoms with Gasteiger partial charge in [-0.15, -0.1) is 0 Å². The smallest absolute Gasteiger partial charge is 0.266 e. The lowest BCUT2D eigenvalue weighted by Gasteiger charge is -2.28. The summed E-state index contributed by atoms with van der Waals surface area (Å²) in [6.45, 7) is 3.04. The van der Waals surface area contributed by atoms with Crippen LogP contribution in [0, 0.1) is 0 Å². The molecule has 26 nitrogen and oxygen atoms in total. The highest BCUT2D eigenvalue weighted by Crippen LogP contribution is 2.26. The molecule has 9 atom stereocenters. The molecular formula is C57H87N13O13S3. The quantitative estimate of drug-likeness (QED) is 0.0977. The molecule has 0 radical (unpaired) electrons. The molecule has 10 amide bonds. The van der Waals surface area contributed by atoms with Crippen LogP contribution in [0.25, 0.3) is 0 Å². The average molecular weight is 1260 g/mol. The first kappa shape index (κ1) is 71.8. The van der Waals surface area contributed by atoms with E-state index >= 15 is 0 Å². The van der Waals surface area contributed by atoms with E-state index in [1.54, 1.807) is 36.6 Å². The predicted octanol–water partition coefficient (Wildman–Crippen LogP) is -0.744. The number of hydrogen-bond acceptors (Lipinski definition) is 19. The van der Waals surface area contributed by atoms with E-state index in [-0.39, 0.29) is 56.1 Å². The Morgan fingerprint density at radius 1 is 0.674 bits per heavy atom. The van der Waals surface area contributed by atoms with Gasteiger partial charge in [-0.05, 0) is 138 Å². The lowest BCUT2D eigenvalue weighted by atomic mass is 10.0. The molecule has 2 aliphatic rings. The fraction of sp³-hybridized carbons (Fsp3) is 0.596. The van der Waals surface area contributed by atoms with Crippen LogP contribution in [0.3, 0.4) is 0 Å². The number of nitrogens with one attached hydrogen (secondary N) is 9. The molecule has 0 saturated carbocycles. The van der Waals surface area contributed by atoms with Gasteiger partial charge in [-0.2, -0.15) is 35.3 Å². The fourth-order valence-electron chi connectivity index (χ4n) is 8.87. The SMILES string of the molecule is CSCC[C@@H]1NC(=O)[C@H]([C@@H](C)O)NC(=O)[C@H](C)NC(=O)CNC(=O)[C@@H]2CSCc3cc(cc(c3)OCCCCCCO/N=C/C(=O)N[C@@H](Cc3ccccc3)C(=O)N2)CSC[C@@H](C(N)=O)NC(=O)[C@H](CCCCN)NC(=O)[C@H](CCCCN)NC1=O. The second-order valence-corrected chi connectivity index (χ2v) is 23.9. The highest BCUT2D eigenvalue weighted by atomic mass is 32.2. The summed E-state index contributed by atoms with van der Waals surface area (Å²) in [5.74, 6) is -6.56. The number of aliphatic hydroxyl groups is 1. The van der Waals surface area contributed by atoms with E-state index in [2.05, 4.69) is 53.0 Å². The van der Waals surface area contributed by atoms with E-state index in [0.29, 0.717) is 74.5 Å². The number of thioether (sulfide) groups is 3. The summed E-state index contributed by atoms with van der Waals surface area (Å²) < 4.78 is 6.25. The number of nitrogens with zero attached hydrogens (tertiary/aromatic N) is 1. The number of carbonyl (C=O) groups excluding carboxylic acids is 10. The minimum atomic E-state index is -1.66. The second kappa shape index (κ2) is 39.9.